The molecule has 1 saturated carbocycles. The lowest BCUT2D eigenvalue weighted by Crippen LogP contribution is -2.35. The van der Waals surface area contributed by atoms with Crippen LogP contribution in [0.4, 0.5) is 0 Å². The van der Waals surface area contributed by atoms with Gasteiger partial charge < -0.3 is 10.0 Å². The molecule has 1 fully saturated rings. The Kier molecular flexibility index (Phi) is 4.05. The zero-order chi connectivity index (χ0) is 11.7. The molecule has 1 heterocycles. The summed E-state index contributed by atoms with van der Waals surface area (Å²) in [6, 6.07) is 2.15. The van der Waals surface area contributed by atoms with Crippen molar-refractivity contribution in [2.24, 2.45) is 0 Å². The second-order valence-electron chi connectivity index (χ2n) is 3.69. The number of carbonyl (C=O) groups is 1. The quantitative estimate of drug-likeness (QED) is 0.887. The second-order valence-corrected chi connectivity index (χ2v) is 7.44. The van der Waals surface area contributed by atoms with E-state index in [0.717, 1.165) is 20.4 Å². The van der Waals surface area contributed by atoms with Gasteiger partial charge in [-0.2, -0.15) is 0 Å². The summed E-state index contributed by atoms with van der Waals surface area (Å²) in [5, 5.41) is 8.97. The fourth-order valence-corrected chi connectivity index (χ4v) is 4.36. The Labute approximate surface area is 115 Å². The maximum absolute atomic E-state index is 12.2. The van der Waals surface area contributed by atoms with Crippen molar-refractivity contribution in [3.63, 3.8) is 0 Å². The summed E-state index contributed by atoms with van der Waals surface area (Å²) in [7, 11) is 0. The fraction of sp³-hybridized carbons (Fsp3) is 0.500. The molecule has 16 heavy (non-hydrogen) atoms. The Balaban J connectivity index is 2.18. The van der Waals surface area contributed by atoms with Gasteiger partial charge >= 0.3 is 0 Å². The first-order chi connectivity index (χ1) is 7.63. The van der Waals surface area contributed by atoms with E-state index in [9.17, 15) is 4.79 Å². The minimum Gasteiger partial charge on any atom is -0.395 e. The van der Waals surface area contributed by atoms with Gasteiger partial charge in [-0.1, -0.05) is 0 Å². The number of aliphatic hydroxyl groups is 1. The van der Waals surface area contributed by atoms with Crippen LogP contribution >= 0.6 is 43.2 Å². The van der Waals surface area contributed by atoms with Crippen LogP contribution in [0.2, 0.25) is 0 Å². The van der Waals surface area contributed by atoms with Crippen molar-refractivity contribution >= 4 is 49.1 Å². The Morgan fingerprint density at radius 1 is 1.56 bits per heavy atom. The number of carbonyl (C=O) groups excluding carboxylic acids is 1. The summed E-state index contributed by atoms with van der Waals surface area (Å²) in [6.45, 7) is 0.439. The van der Waals surface area contributed by atoms with Crippen LogP contribution in [0.25, 0.3) is 0 Å². The lowest BCUT2D eigenvalue weighted by molar-refractivity contribution is 0.0707. The Morgan fingerprint density at radius 2 is 2.25 bits per heavy atom. The first-order valence-electron chi connectivity index (χ1n) is 5.00. The number of halogens is 2. The monoisotopic (exact) mass is 367 g/mol. The minimum atomic E-state index is 0.00498. The Bertz CT molecular complexity index is 404. The van der Waals surface area contributed by atoms with Gasteiger partial charge in [-0.25, -0.2) is 0 Å². The molecule has 1 N–H and O–H groups in total. The van der Waals surface area contributed by atoms with Crippen molar-refractivity contribution in [3.8, 4) is 0 Å². The highest BCUT2D eigenvalue weighted by molar-refractivity contribution is 9.12. The zero-order valence-electron chi connectivity index (χ0n) is 8.45. The second kappa shape index (κ2) is 5.16. The van der Waals surface area contributed by atoms with E-state index >= 15 is 0 Å². The number of aliphatic hydroxyl groups excluding tert-OH is 1. The van der Waals surface area contributed by atoms with Crippen LogP contribution in [0.5, 0.6) is 0 Å². The first-order valence-corrected chi connectivity index (χ1v) is 7.40. The lowest BCUT2D eigenvalue weighted by Gasteiger charge is -2.20. The molecule has 0 atom stereocenters. The summed E-state index contributed by atoms with van der Waals surface area (Å²) in [5.74, 6) is 0.00498. The molecule has 1 aliphatic carbocycles. The molecular weight excluding hydrogens is 358 g/mol. The van der Waals surface area contributed by atoms with Gasteiger partial charge in [0.2, 0.25) is 0 Å². The summed E-state index contributed by atoms with van der Waals surface area (Å²) in [4.78, 5) is 14.0. The molecule has 0 bridgehead atoms. The van der Waals surface area contributed by atoms with Crippen LogP contribution < -0.4 is 0 Å². The third kappa shape index (κ3) is 2.67. The van der Waals surface area contributed by atoms with Gasteiger partial charge in [0.15, 0.2) is 0 Å². The van der Waals surface area contributed by atoms with Gasteiger partial charge in [-0.05, 0) is 50.8 Å². The summed E-state index contributed by atoms with van der Waals surface area (Å²) in [5.41, 5.74) is 0.678. The summed E-state index contributed by atoms with van der Waals surface area (Å²) in [6.07, 6.45) is 2.10. The molecule has 0 saturated heterocycles. The average Bonchev–Trinajstić information content (AvgIpc) is 3.00. The molecule has 1 aliphatic rings. The molecular formula is C10H11Br2NO2S. The van der Waals surface area contributed by atoms with Crippen molar-refractivity contribution in [1.29, 1.82) is 0 Å². The normalized spacial score (nSPS) is 15.2. The zero-order valence-corrected chi connectivity index (χ0v) is 12.4. The van der Waals surface area contributed by atoms with Gasteiger partial charge in [-0.15, -0.1) is 11.3 Å². The predicted octanol–water partition coefficient (Wildman–Crippen LogP) is 2.87. The Hall–Kier alpha value is 0.0900. The van der Waals surface area contributed by atoms with Gasteiger partial charge in [0.25, 0.3) is 5.91 Å². The van der Waals surface area contributed by atoms with Crippen LogP contribution in [0, 0.1) is 0 Å². The van der Waals surface area contributed by atoms with Crippen LogP contribution in [0.1, 0.15) is 23.2 Å². The first kappa shape index (κ1) is 12.5. The molecule has 0 spiro atoms. The average molecular weight is 369 g/mol. The van der Waals surface area contributed by atoms with E-state index in [-0.39, 0.29) is 12.5 Å². The minimum absolute atomic E-state index is 0.00498. The number of amides is 1. The number of hydrogen-bond acceptors (Lipinski definition) is 3. The number of hydrogen-bond donors (Lipinski definition) is 1. The number of rotatable bonds is 4. The third-order valence-electron chi connectivity index (χ3n) is 2.48. The van der Waals surface area contributed by atoms with Crippen molar-refractivity contribution < 1.29 is 9.90 Å². The highest BCUT2D eigenvalue weighted by Gasteiger charge is 2.33. The van der Waals surface area contributed by atoms with Gasteiger partial charge in [-0.3, -0.25) is 4.79 Å². The van der Waals surface area contributed by atoms with E-state index in [1.54, 1.807) is 4.90 Å². The summed E-state index contributed by atoms with van der Waals surface area (Å²) >= 11 is 8.23. The standard InChI is InChI=1S/C10H11Br2NO2S/c11-8-5-7(9(12)16-8)10(15)13(3-4-14)6-1-2-6/h5-6,14H,1-4H2. The van der Waals surface area contributed by atoms with Crippen molar-refractivity contribution in [3.05, 3.63) is 19.2 Å². The summed E-state index contributed by atoms with van der Waals surface area (Å²) < 4.78 is 1.77. The van der Waals surface area contributed by atoms with E-state index in [4.69, 9.17) is 5.11 Å². The van der Waals surface area contributed by atoms with E-state index in [1.165, 1.54) is 11.3 Å². The maximum Gasteiger partial charge on any atom is 0.256 e. The molecule has 0 aliphatic heterocycles. The van der Waals surface area contributed by atoms with Gasteiger partial charge in [0.1, 0.15) is 0 Å². The molecule has 0 aromatic carbocycles. The smallest absolute Gasteiger partial charge is 0.256 e. The number of nitrogens with zero attached hydrogens (tertiary/aromatic N) is 1. The van der Waals surface area contributed by atoms with Crippen molar-refractivity contribution in [2.75, 3.05) is 13.2 Å². The SMILES string of the molecule is O=C(c1cc(Br)sc1Br)N(CCO)C1CC1. The largest absolute Gasteiger partial charge is 0.395 e. The fourth-order valence-electron chi connectivity index (χ4n) is 1.58. The van der Waals surface area contributed by atoms with E-state index in [2.05, 4.69) is 31.9 Å². The van der Waals surface area contributed by atoms with E-state index in [0.29, 0.717) is 18.2 Å². The van der Waals surface area contributed by atoms with Crippen LogP contribution in [-0.2, 0) is 0 Å². The maximum atomic E-state index is 12.2. The highest BCUT2D eigenvalue weighted by atomic mass is 79.9. The van der Waals surface area contributed by atoms with Crippen molar-refractivity contribution in [1.82, 2.24) is 4.90 Å². The van der Waals surface area contributed by atoms with E-state index < -0.39 is 0 Å². The molecule has 88 valence electrons. The number of thiophene rings is 1. The Morgan fingerprint density at radius 3 is 2.69 bits per heavy atom. The van der Waals surface area contributed by atoms with E-state index in [1.807, 2.05) is 6.07 Å². The molecule has 6 heteroatoms. The predicted molar refractivity (Wildman–Crippen MR) is 70.9 cm³/mol. The molecule has 2 rings (SSSR count). The molecule has 1 amide bonds. The third-order valence-corrected chi connectivity index (χ3v) is 4.82. The van der Waals surface area contributed by atoms with Crippen LogP contribution in [0.15, 0.2) is 13.6 Å². The molecule has 1 aromatic heterocycles. The van der Waals surface area contributed by atoms with Crippen LogP contribution in [0.3, 0.4) is 0 Å². The highest BCUT2D eigenvalue weighted by Crippen LogP contribution is 2.35. The molecule has 3 nitrogen and oxygen atoms in total. The van der Waals surface area contributed by atoms with Gasteiger partial charge in [0.05, 0.1) is 19.7 Å². The lowest BCUT2D eigenvalue weighted by atomic mass is 10.3. The van der Waals surface area contributed by atoms with Gasteiger partial charge in [0, 0.05) is 12.6 Å². The van der Waals surface area contributed by atoms with Crippen LogP contribution in [-0.4, -0.2) is 35.1 Å². The topological polar surface area (TPSA) is 40.5 Å². The molecule has 0 unspecified atom stereocenters. The molecule has 0 radical (unpaired) electrons. The van der Waals surface area contributed by atoms with Crippen molar-refractivity contribution in [2.45, 2.75) is 18.9 Å². The molecule has 1 aromatic rings.